The lowest BCUT2D eigenvalue weighted by Gasteiger charge is -2.29. The third-order valence-electron chi connectivity index (χ3n) is 2.54. The lowest BCUT2D eigenvalue weighted by Crippen LogP contribution is -2.33. The Morgan fingerprint density at radius 1 is 1.27 bits per heavy atom. The molecule has 1 aliphatic carbocycles. The molecule has 0 N–H and O–H groups in total. The number of methoxy groups -OCH3 is 1. The Balaban J connectivity index is 2.54. The second-order valence-electron chi connectivity index (χ2n) is 3.53. The van der Waals surface area contributed by atoms with Gasteiger partial charge in [-0.2, -0.15) is 0 Å². The van der Waals surface area contributed by atoms with Crippen molar-refractivity contribution in [2.45, 2.75) is 32.8 Å². The second-order valence-corrected chi connectivity index (χ2v) is 3.53. The highest BCUT2D eigenvalue weighted by molar-refractivity contribution is 5.83. The third kappa shape index (κ3) is 1.80. The van der Waals surface area contributed by atoms with Gasteiger partial charge in [-0.3, -0.25) is 4.79 Å². The summed E-state index contributed by atoms with van der Waals surface area (Å²) in [6, 6.07) is 0. The van der Waals surface area contributed by atoms with E-state index in [1.54, 1.807) is 7.11 Å². The molecule has 1 fully saturated rings. The van der Waals surface area contributed by atoms with Crippen molar-refractivity contribution < 1.29 is 9.53 Å². The minimum absolute atomic E-state index is 0.198. The molecular weight excluding hydrogens is 140 g/mol. The smallest absolute Gasteiger partial charge is 0.138 e. The van der Waals surface area contributed by atoms with Crippen molar-refractivity contribution in [2.75, 3.05) is 7.11 Å². The summed E-state index contributed by atoms with van der Waals surface area (Å²) in [5.41, 5.74) is 0. The molecule has 1 aliphatic rings. The maximum atomic E-state index is 11.3. The molecule has 0 saturated heterocycles. The minimum atomic E-state index is 0.198. The van der Waals surface area contributed by atoms with Crippen LogP contribution in [0.5, 0.6) is 0 Å². The van der Waals surface area contributed by atoms with E-state index in [1.165, 1.54) is 0 Å². The first-order valence-corrected chi connectivity index (χ1v) is 4.21. The molecule has 0 bridgehead atoms. The van der Waals surface area contributed by atoms with Crippen LogP contribution in [0.2, 0.25) is 0 Å². The monoisotopic (exact) mass is 156 g/mol. The van der Waals surface area contributed by atoms with Gasteiger partial charge in [-0.1, -0.05) is 13.8 Å². The van der Waals surface area contributed by atoms with E-state index in [9.17, 15) is 4.79 Å². The van der Waals surface area contributed by atoms with Crippen molar-refractivity contribution in [1.82, 2.24) is 0 Å². The predicted octanol–water partition coefficient (Wildman–Crippen LogP) is 1.64. The number of hydrogen-bond acceptors (Lipinski definition) is 2. The van der Waals surface area contributed by atoms with Crippen molar-refractivity contribution in [2.24, 2.45) is 11.8 Å². The standard InChI is InChI=1S/C9H16O2/c1-6-4-8(11-3)5-7(2)9(6)10/h6-8H,4-5H2,1-3H3. The highest BCUT2D eigenvalue weighted by atomic mass is 16.5. The zero-order chi connectivity index (χ0) is 8.43. The van der Waals surface area contributed by atoms with Gasteiger partial charge >= 0.3 is 0 Å². The molecule has 0 aromatic rings. The number of carbonyl (C=O) groups is 1. The van der Waals surface area contributed by atoms with Gasteiger partial charge in [-0.05, 0) is 12.8 Å². The van der Waals surface area contributed by atoms with E-state index in [0.717, 1.165) is 12.8 Å². The number of hydrogen-bond donors (Lipinski definition) is 0. The highest BCUT2D eigenvalue weighted by Gasteiger charge is 2.30. The van der Waals surface area contributed by atoms with Gasteiger partial charge in [0.2, 0.25) is 0 Å². The summed E-state index contributed by atoms with van der Waals surface area (Å²) in [5.74, 6) is 0.797. The summed E-state index contributed by atoms with van der Waals surface area (Å²) in [4.78, 5) is 11.3. The summed E-state index contributed by atoms with van der Waals surface area (Å²) in [5, 5.41) is 0. The van der Waals surface area contributed by atoms with Crippen LogP contribution in [-0.2, 0) is 9.53 Å². The van der Waals surface area contributed by atoms with E-state index in [4.69, 9.17) is 4.74 Å². The Labute approximate surface area is 67.9 Å². The van der Waals surface area contributed by atoms with Gasteiger partial charge in [-0.25, -0.2) is 0 Å². The molecule has 0 aliphatic heterocycles. The molecule has 0 radical (unpaired) electrons. The zero-order valence-corrected chi connectivity index (χ0v) is 7.46. The molecule has 1 saturated carbocycles. The van der Waals surface area contributed by atoms with Gasteiger partial charge in [0.05, 0.1) is 6.10 Å². The third-order valence-corrected chi connectivity index (χ3v) is 2.54. The van der Waals surface area contributed by atoms with E-state index in [2.05, 4.69) is 0 Å². The van der Waals surface area contributed by atoms with Crippen LogP contribution in [0, 0.1) is 11.8 Å². The molecule has 11 heavy (non-hydrogen) atoms. The van der Waals surface area contributed by atoms with Crippen LogP contribution in [0.4, 0.5) is 0 Å². The molecule has 2 atom stereocenters. The number of ether oxygens (including phenoxy) is 1. The Bertz CT molecular complexity index is 140. The second kappa shape index (κ2) is 3.35. The molecule has 0 aromatic carbocycles. The largest absolute Gasteiger partial charge is 0.381 e. The fourth-order valence-electron chi connectivity index (χ4n) is 1.80. The number of Topliss-reactive ketones (excluding diaryl/α,β-unsaturated/α-hetero) is 1. The van der Waals surface area contributed by atoms with Crippen molar-refractivity contribution in [1.29, 1.82) is 0 Å². The Morgan fingerprint density at radius 3 is 2.09 bits per heavy atom. The molecule has 64 valence electrons. The maximum Gasteiger partial charge on any atom is 0.138 e. The van der Waals surface area contributed by atoms with E-state index in [1.807, 2.05) is 13.8 Å². The normalized spacial score (nSPS) is 39.2. The van der Waals surface area contributed by atoms with Crippen LogP contribution in [0.15, 0.2) is 0 Å². The highest BCUT2D eigenvalue weighted by Crippen LogP contribution is 2.26. The molecule has 2 nitrogen and oxygen atoms in total. The van der Waals surface area contributed by atoms with Crippen molar-refractivity contribution in [3.8, 4) is 0 Å². The molecular formula is C9H16O2. The van der Waals surface area contributed by atoms with Crippen molar-refractivity contribution in [3.05, 3.63) is 0 Å². The summed E-state index contributed by atoms with van der Waals surface area (Å²) in [7, 11) is 1.72. The molecule has 0 heterocycles. The fourth-order valence-corrected chi connectivity index (χ4v) is 1.80. The van der Waals surface area contributed by atoms with Gasteiger partial charge in [0, 0.05) is 18.9 Å². The lowest BCUT2D eigenvalue weighted by atomic mass is 9.80. The van der Waals surface area contributed by atoms with E-state index in [-0.39, 0.29) is 11.8 Å². The van der Waals surface area contributed by atoms with Gasteiger partial charge < -0.3 is 4.74 Å². The first kappa shape index (κ1) is 8.72. The quantitative estimate of drug-likeness (QED) is 0.577. The lowest BCUT2D eigenvalue weighted by molar-refractivity contribution is -0.131. The Kier molecular flexibility index (Phi) is 2.66. The molecule has 2 heteroatoms. The molecule has 0 spiro atoms. The van der Waals surface area contributed by atoms with Crippen LogP contribution in [0.25, 0.3) is 0 Å². The fraction of sp³-hybridized carbons (Fsp3) is 0.889. The van der Waals surface area contributed by atoms with Crippen LogP contribution < -0.4 is 0 Å². The van der Waals surface area contributed by atoms with Crippen LogP contribution in [-0.4, -0.2) is 19.0 Å². The summed E-state index contributed by atoms with van der Waals surface area (Å²) >= 11 is 0. The van der Waals surface area contributed by atoms with Gasteiger partial charge in [0.15, 0.2) is 0 Å². The van der Waals surface area contributed by atoms with Gasteiger partial charge in [0.1, 0.15) is 5.78 Å². The van der Waals surface area contributed by atoms with Crippen molar-refractivity contribution in [3.63, 3.8) is 0 Å². The summed E-state index contributed by atoms with van der Waals surface area (Å²) in [6.45, 7) is 3.98. The average Bonchev–Trinajstić information content (AvgIpc) is 1.99. The first-order chi connectivity index (χ1) is 5.15. The van der Waals surface area contributed by atoms with E-state index < -0.39 is 0 Å². The Hall–Kier alpha value is -0.370. The molecule has 2 unspecified atom stereocenters. The van der Waals surface area contributed by atoms with Crippen LogP contribution >= 0.6 is 0 Å². The topological polar surface area (TPSA) is 26.3 Å². The van der Waals surface area contributed by atoms with E-state index in [0.29, 0.717) is 11.9 Å². The molecule has 0 amide bonds. The van der Waals surface area contributed by atoms with Crippen LogP contribution in [0.1, 0.15) is 26.7 Å². The first-order valence-electron chi connectivity index (χ1n) is 4.21. The number of carbonyl (C=O) groups excluding carboxylic acids is 1. The SMILES string of the molecule is COC1CC(C)C(=O)C(C)C1. The zero-order valence-electron chi connectivity index (χ0n) is 7.46. The number of ketones is 1. The summed E-state index contributed by atoms with van der Waals surface area (Å²) in [6.07, 6.45) is 2.11. The summed E-state index contributed by atoms with van der Waals surface area (Å²) < 4.78 is 5.23. The van der Waals surface area contributed by atoms with Gasteiger partial charge in [-0.15, -0.1) is 0 Å². The minimum Gasteiger partial charge on any atom is -0.381 e. The van der Waals surface area contributed by atoms with E-state index >= 15 is 0 Å². The average molecular weight is 156 g/mol. The number of rotatable bonds is 1. The van der Waals surface area contributed by atoms with Crippen LogP contribution in [0.3, 0.4) is 0 Å². The van der Waals surface area contributed by atoms with Gasteiger partial charge in [0.25, 0.3) is 0 Å². The predicted molar refractivity (Wildman–Crippen MR) is 43.4 cm³/mol. The Morgan fingerprint density at radius 2 is 1.73 bits per heavy atom. The molecule has 1 rings (SSSR count). The molecule has 0 aromatic heterocycles. The maximum absolute atomic E-state index is 11.3. The van der Waals surface area contributed by atoms with Crippen molar-refractivity contribution >= 4 is 5.78 Å².